The van der Waals surface area contributed by atoms with Gasteiger partial charge in [0.1, 0.15) is 6.33 Å². The van der Waals surface area contributed by atoms with Crippen LogP contribution >= 0.6 is 0 Å². The number of likely N-dealkylation sites (tertiary alicyclic amines) is 1. The largest absolute Gasteiger partial charge is 0.336 e. The van der Waals surface area contributed by atoms with Crippen molar-refractivity contribution < 1.29 is 4.79 Å². The molecule has 0 radical (unpaired) electrons. The molecule has 0 spiro atoms. The molecule has 1 unspecified atom stereocenters. The van der Waals surface area contributed by atoms with Crippen LogP contribution in [0.2, 0.25) is 0 Å². The molecule has 2 heterocycles. The first-order valence-electron chi connectivity index (χ1n) is 5.60. The Hall–Kier alpha value is -1.43. The van der Waals surface area contributed by atoms with E-state index in [1.807, 2.05) is 11.9 Å². The van der Waals surface area contributed by atoms with Crippen LogP contribution in [0.3, 0.4) is 0 Å². The van der Waals surface area contributed by atoms with Gasteiger partial charge in [0.05, 0.1) is 0 Å². The highest BCUT2D eigenvalue weighted by Crippen LogP contribution is 2.16. The van der Waals surface area contributed by atoms with Gasteiger partial charge in [-0.05, 0) is 32.4 Å². The van der Waals surface area contributed by atoms with Crippen molar-refractivity contribution in [3.05, 3.63) is 12.2 Å². The minimum absolute atomic E-state index is 0.0432. The van der Waals surface area contributed by atoms with Gasteiger partial charge < -0.3 is 10.2 Å². The normalized spacial score (nSPS) is 21.1. The lowest BCUT2D eigenvalue weighted by Gasteiger charge is -2.32. The van der Waals surface area contributed by atoms with Crippen molar-refractivity contribution in [2.75, 3.05) is 26.7 Å². The predicted octanol–water partition coefficient (Wildman–Crippen LogP) is -0.124. The van der Waals surface area contributed by atoms with Crippen molar-refractivity contribution in [3.63, 3.8) is 0 Å². The second-order valence-electron chi connectivity index (χ2n) is 4.15. The number of hydrogen-bond acceptors (Lipinski definition) is 4. The topological polar surface area (TPSA) is 73.9 Å². The summed E-state index contributed by atoms with van der Waals surface area (Å²) in [6.07, 6.45) is 3.61. The third-order valence-corrected chi connectivity index (χ3v) is 2.92. The maximum atomic E-state index is 12.0. The Balaban J connectivity index is 1.96. The predicted molar refractivity (Wildman–Crippen MR) is 58.9 cm³/mol. The van der Waals surface area contributed by atoms with E-state index in [9.17, 15) is 4.79 Å². The number of carbonyl (C=O) groups is 1. The minimum atomic E-state index is -0.0432. The van der Waals surface area contributed by atoms with E-state index in [0.717, 1.165) is 26.1 Å². The van der Waals surface area contributed by atoms with Gasteiger partial charge in [-0.3, -0.25) is 9.89 Å². The number of hydrogen-bond donors (Lipinski definition) is 2. The number of aromatic nitrogens is 3. The molecular formula is C10H17N5O. The molecule has 2 rings (SSSR count). The molecular weight excluding hydrogens is 206 g/mol. The molecule has 0 aromatic carbocycles. The Morgan fingerprint density at radius 3 is 3.31 bits per heavy atom. The number of H-pyrrole nitrogens is 1. The van der Waals surface area contributed by atoms with Gasteiger partial charge in [-0.25, -0.2) is 4.98 Å². The van der Waals surface area contributed by atoms with Crippen LogP contribution in [-0.4, -0.2) is 52.7 Å². The number of nitrogens with one attached hydrogen (secondary N) is 2. The molecule has 1 atom stereocenters. The molecule has 0 saturated carbocycles. The Labute approximate surface area is 94.4 Å². The monoisotopic (exact) mass is 223 g/mol. The van der Waals surface area contributed by atoms with E-state index in [4.69, 9.17) is 0 Å². The van der Waals surface area contributed by atoms with Crippen molar-refractivity contribution in [2.45, 2.75) is 12.8 Å². The fourth-order valence-electron chi connectivity index (χ4n) is 2.16. The molecule has 16 heavy (non-hydrogen) atoms. The Morgan fingerprint density at radius 2 is 2.62 bits per heavy atom. The van der Waals surface area contributed by atoms with Crippen LogP contribution in [0.4, 0.5) is 0 Å². The highest BCUT2D eigenvalue weighted by atomic mass is 16.2. The van der Waals surface area contributed by atoms with Crippen molar-refractivity contribution in [2.24, 2.45) is 5.92 Å². The fourth-order valence-corrected chi connectivity index (χ4v) is 2.16. The molecule has 1 fully saturated rings. The van der Waals surface area contributed by atoms with E-state index in [2.05, 4.69) is 20.5 Å². The third kappa shape index (κ3) is 2.38. The van der Waals surface area contributed by atoms with E-state index < -0.39 is 0 Å². The minimum Gasteiger partial charge on any atom is -0.336 e. The molecule has 1 saturated heterocycles. The summed E-state index contributed by atoms with van der Waals surface area (Å²) in [7, 11) is 1.94. The molecule has 0 bridgehead atoms. The second-order valence-corrected chi connectivity index (χ2v) is 4.15. The summed E-state index contributed by atoms with van der Waals surface area (Å²) in [6.45, 7) is 2.58. The van der Waals surface area contributed by atoms with Crippen LogP contribution in [0.25, 0.3) is 0 Å². The van der Waals surface area contributed by atoms with Crippen molar-refractivity contribution >= 4 is 5.91 Å². The van der Waals surface area contributed by atoms with Crippen LogP contribution in [0.5, 0.6) is 0 Å². The maximum absolute atomic E-state index is 12.0. The Kier molecular flexibility index (Phi) is 3.51. The third-order valence-electron chi connectivity index (χ3n) is 2.92. The number of aromatic amines is 1. The van der Waals surface area contributed by atoms with Crippen LogP contribution in [0, 0.1) is 5.92 Å². The lowest BCUT2D eigenvalue weighted by molar-refractivity contribution is 0.0662. The van der Waals surface area contributed by atoms with Gasteiger partial charge in [0, 0.05) is 13.1 Å². The van der Waals surface area contributed by atoms with Gasteiger partial charge in [0.15, 0.2) is 0 Å². The molecule has 1 aromatic heterocycles. The number of piperidine rings is 1. The Bertz CT molecular complexity index is 335. The van der Waals surface area contributed by atoms with Gasteiger partial charge in [-0.2, -0.15) is 5.10 Å². The van der Waals surface area contributed by atoms with E-state index in [-0.39, 0.29) is 5.91 Å². The molecule has 6 heteroatoms. The van der Waals surface area contributed by atoms with Gasteiger partial charge in [-0.15, -0.1) is 0 Å². The first kappa shape index (κ1) is 11.1. The highest BCUT2D eigenvalue weighted by molar-refractivity contribution is 5.90. The Morgan fingerprint density at radius 1 is 1.75 bits per heavy atom. The van der Waals surface area contributed by atoms with Crippen LogP contribution in [0.1, 0.15) is 23.5 Å². The molecule has 1 aromatic rings. The van der Waals surface area contributed by atoms with E-state index in [0.29, 0.717) is 11.7 Å². The van der Waals surface area contributed by atoms with Gasteiger partial charge >= 0.3 is 0 Å². The SMILES string of the molecule is CNCC1CCCN(C(=O)c2ncn[nH]2)C1. The highest BCUT2D eigenvalue weighted by Gasteiger charge is 2.25. The summed E-state index contributed by atoms with van der Waals surface area (Å²) >= 11 is 0. The number of carbonyl (C=O) groups excluding carboxylic acids is 1. The molecule has 6 nitrogen and oxygen atoms in total. The van der Waals surface area contributed by atoms with Crippen LogP contribution in [-0.2, 0) is 0 Å². The zero-order valence-electron chi connectivity index (χ0n) is 9.44. The summed E-state index contributed by atoms with van der Waals surface area (Å²) in [5.74, 6) is 0.842. The summed E-state index contributed by atoms with van der Waals surface area (Å²) in [5, 5.41) is 9.47. The summed E-state index contributed by atoms with van der Waals surface area (Å²) in [5.41, 5.74) is 0. The number of amides is 1. The van der Waals surface area contributed by atoms with E-state index in [1.54, 1.807) is 0 Å². The number of rotatable bonds is 3. The van der Waals surface area contributed by atoms with Crippen molar-refractivity contribution in [3.8, 4) is 0 Å². The first-order valence-corrected chi connectivity index (χ1v) is 5.60. The van der Waals surface area contributed by atoms with Crippen LogP contribution < -0.4 is 5.32 Å². The molecule has 1 amide bonds. The second kappa shape index (κ2) is 5.07. The zero-order chi connectivity index (χ0) is 11.4. The van der Waals surface area contributed by atoms with Gasteiger partial charge in [0.2, 0.25) is 5.82 Å². The van der Waals surface area contributed by atoms with Crippen molar-refractivity contribution in [1.82, 2.24) is 25.4 Å². The average Bonchev–Trinajstić information content (AvgIpc) is 2.82. The smallest absolute Gasteiger partial charge is 0.291 e. The molecule has 0 aliphatic carbocycles. The molecule has 1 aliphatic heterocycles. The molecule has 1 aliphatic rings. The zero-order valence-corrected chi connectivity index (χ0v) is 9.44. The van der Waals surface area contributed by atoms with Gasteiger partial charge in [-0.1, -0.05) is 0 Å². The van der Waals surface area contributed by atoms with E-state index in [1.165, 1.54) is 12.7 Å². The van der Waals surface area contributed by atoms with Gasteiger partial charge in [0.25, 0.3) is 5.91 Å². The first-order chi connectivity index (χ1) is 7.81. The summed E-state index contributed by atoms with van der Waals surface area (Å²) in [4.78, 5) is 17.7. The quantitative estimate of drug-likeness (QED) is 0.749. The molecule has 2 N–H and O–H groups in total. The van der Waals surface area contributed by atoms with Crippen molar-refractivity contribution in [1.29, 1.82) is 0 Å². The average molecular weight is 223 g/mol. The lowest BCUT2D eigenvalue weighted by atomic mass is 9.98. The fraction of sp³-hybridized carbons (Fsp3) is 0.700. The molecule has 88 valence electrons. The van der Waals surface area contributed by atoms with E-state index >= 15 is 0 Å². The summed E-state index contributed by atoms with van der Waals surface area (Å²) < 4.78 is 0. The number of nitrogens with zero attached hydrogens (tertiary/aromatic N) is 3. The van der Waals surface area contributed by atoms with Crippen LogP contribution in [0.15, 0.2) is 6.33 Å². The summed E-state index contributed by atoms with van der Waals surface area (Å²) in [6, 6.07) is 0. The lowest BCUT2D eigenvalue weighted by Crippen LogP contribution is -2.42. The maximum Gasteiger partial charge on any atom is 0.291 e. The standard InChI is InChI=1S/C10H17N5O/c1-11-5-8-3-2-4-15(6-8)10(16)9-12-7-13-14-9/h7-8,11H,2-6H2,1H3,(H,12,13,14).